The molecule has 1 saturated heterocycles. The van der Waals surface area contributed by atoms with Crippen LogP contribution in [0.2, 0.25) is 0 Å². The fourth-order valence-electron chi connectivity index (χ4n) is 3.83. The Balaban J connectivity index is 0.000000158. The number of hydrogen-bond donors (Lipinski definition) is 3. The van der Waals surface area contributed by atoms with Crippen molar-refractivity contribution in [2.24, 2.45) is 11.8 Å². The third kappa shape index (κ3) is 4.95. The lowest BCUT2D eigenvalue weighted by Crippen LogP contribution is -2.38. The summed E-state index contributed by atoms with van der Waals surface area (Å²) >= 11 is 0. The van der Waals surface area contributed by atoms with Gasteiger partial charge in [0.1, 0.15) is 17.5 Å². The third-order valence-electron chi connectivity index (χ3n) is 5.96. The molecule has 5 rings (SSSR count). The number of rotatable bonds is 4. The smallest absolute Gasteiger partial charge is 0.224 e. The number of carbonyl (C=O) groups is 2. The second-order valence-corrected chi connectivity index (χ2v) is 8.19. The Morgan fingerprint density at radius 2 is 1.75 bits per heavy atom. The molecule has 1 saturated carbocycles. The zero-order valence-corrected chi connectivity index (χ0v) is 17.4. The zero-order chi connectivity index (χ0) is 22.7. The summed E-state index contributed by atoms with van der Waals surface area (Å²) < 4.78 is 39.4. The lowest BCUT2D eigenvalue weighted by atomic mass is 9.85. The third-order valence-corrected chi connectivity index (χ3v) is 5.96. The Kier molecular flexibility index (Phi) is 6.48. The molecule has 8 heteroatoms. The molecule has 3 aromatic rings. The van der Waals surface area contributed by atoms with E-state index >= 15 is 0 Å². The lowest BCUT2D eigenvalue weighted by Gasteiger charge is -2.24. The van der Waals surface area contributed by atoms with Crippen LogP contribution in [-0.4, -0.2) is 29.9 Å². The molecule has 1 aromatic heterocycles. The largest absolute Gasteiger partial charge is 0.356 e. The van der Waals surface area contributed by atoms with Gasteiger partial charge in [0.05, 0.1) is 11.4 Å². The van der Waals surface area contributed by atoms with Gasteiger partial charge in [-0.05, 0) is 61.2 Å². The van der Waals surface area contributed by atoms with Gasteiger partial charge in [-0.25, -0.2) is 13.2 Å². The molecule has 2 heterocycles. The summed E-state index contributed by atoms with van der Waals surface area (Å²) in [4.78, 5) is 25.5. The quantitative estimate of drug-likeness (QED) is 0.563. The van der Waals surface area contributed by atoms with Crippen LogP contribution in [0.4, 0.5) is 13.2 Å². The van der Waals surface area contributed by atoms with E-state index < -0.39 is 11.6 Å². The van der Waals surface area contributed by atoms with Gasteiger partial charge < -0.3 is 15.6 Å². The highest BCUT2D eigenvalue weighted by molar-refractivity contribution is 5.86. The Morgan fingerprint density at radius 1 is 1.00 bits per heavy atom. The van der Waals surface area contributed by atoms with Crippen LogP contribution in [0.1, 0.15) is 25.7 Å². The molecule has 1 aliphatic carbocycles. The number of amides is 2. The molecular formula is C24H24F3N3O2. The number of hydrogen-bond acceptors (Lipinski definition) is 2. The highest BCUT2D eigenvalue weighted by Gasteiger charge is 2.28. The zero-order valence-electron chi connectivity index (χ0n) is 17.4. The normalized spacial score (nSPS) is 18.0. The molecule has 2 aromatic carbocycles. The number of aromatic nitrogens is 1. The van der Waals surface area contributed by atoms with E-state index in [0.717, 1.165) is 31.9 Å². The minimum atomic E-state index is -0.640. The van der Waals surface area contributed by atoms with Crippen LogP contribution in [-0.2, 0) is 9.59 Å². The fraction of sp³-hybridized carbons (Fsp3) is 0.333. The van der Waals surface area contributed by atoms with Gasteiger partial charge in [-0.3, -0.25) is 9.59 Å². The van der Waals surface area contributed by atoms with Crippen LogP contribution in [0.25, 0.3) is 22.2 Å². The first-order valence-corrected chi connectivity index (χ1v) is 10.7. The van der Waals surface area contributed by atoms with E-state index in [2.05, 4.69) is 15.6 Å². The van der Waals surface area contributed by atoms with Gasteiger partial charge >= 0.3 is 0 Å². The van der Waals surface area contributed by atoms with E-state index in [4.69, 9.17) is 0 Å². The molecule has 0 spiro atoms. The summed E-state index contributed by atoms with van der Waals surface area (Å²) in [6.45, 7) is 1.27. The lowest BCUT2D eigenvalue weighted by molar-refractivity contribution is -0.128. The number of nitrogens with one attached hydrogen (secondary N) is 3. The van der Waals surface area contributed by atoms with E-state index in [1.54, 1.807) is 18.2 Å². The number of carbonyl (C=O) groups excluding carboxylic acids is 2. The Hall–Kier alpha value is -3.29. The van der Waals surface area contributed by atoms with Gasteiger partial charge in [0, 0.05) is 36.2 Å². The van der Waals surface area contributed by atoms with Crippen LogP contribution in [0.15, 0.2) is 42.5 Å². The summed E-state index contributed by atoms with van der Waals surface area (Å²) in [7, 11) is 0. The highest BCUT2D eigenvalue weighted by Crippen LogP contribution is 2.27. The fourth-order valence-corrected chi connectivity index (χ4v) is 3.83. The SMILES string of the molecule is Fc1ccc(-c2cc3cc(F)cc(F)c3[nH]2)cc1.O=C(NCC1CCNC1=O)C1CCC1. The van der Waals surface area contributed by atoms with Crippen molar-refractivity contribution in [3.8, 4) is 11.3 Å². The summed E-state index contributed by atoms with van der Waals surface area (Å²) in [6, 6.07) is 9.50. The van der Waals surface area contributed by atoms with E-state index in [0.29, 0.717) is 23.2 Å². The molecule has 2 fully saturated rings. The minimum Gasteiger partial charge on any atom is -0.356 e. The van der Waals surface area contributed by atoms with Crippen LogP contribution < -0.4 is 10.6 Å². The van der Waals surface area contributed by atoms with Crippen molar-refractivity contribution in [1.29, 1.82) is 0 Å². The van der Waals surface area contributed by atoms with Crippen LogP contribution in [0.5, 0.6) is 0 Å². The van der Waals surface area contributed by atoms with Gasteiger partial charge in [-0.2, -0.15) is 0 Å². The van der Waals surface area contributed by atoms with E-state index in [-0.39, 0.29) is 35.0 Å². The monoisotopic (exact) mass is 443 g/mol. The average Bonchev–Trinajstić information content (AvgIpc) is 3.32. The standard InChI is InChI=1S/C14H8F3N.C10H16N2O2/c15-10-3-1-8(2-4-10)13-6-9-5-11(16)7-12(17)14(9)18-13;13-9(7-2-1-3-7)12-6-8-4-5-11-10(8)14/h1-7,18H;7-8H,1-6H2,(H,11,14)(H,12,13). The maximum Gasteiger partial charge on any atom is 0.224 e. The van der Waals surface area contributed by atoms with Crippen molar-refractivity contribution < 1.29 is 22.8 Å². The predicted molar refractivity (Wildman–Crippen MR) is 115 cm³/mol. The number of fused-ring (bicyclic) bond motifs is 1. The number of H-pyrrole nitrogens is 1. The van der Waals surface area contributed by atoms with Crippen LogP contribution in [0, 0.1) is 29.3 Å². The highest BCUT2D eigenvalue weighted by atomic mass is 19.1. The van der Waals surface area contributed by atoms with Crippen LogP contribution >= 0.6 is 0 Å². The topological polar surface area (TPSA) is 74.0 Å². The van der Waals surface area contributed by atoms with E-state index in [1.807, 2.05) is 0 Å². The Bertz CT molecular complexity index is 1120. The van der Waals surface area contributed by atoms with Gasteiger partial charge in [0.25, 0.3) is 0 Å². The second kappa shape index (κ2) is 9.46. The summed E-state index contributed by atoms with van der Waals surface area (Å²) in [5.74, 6) is -1.16. The van der Waals surface area contributed by atoms with Crippen molar-refractivity contribution in [2.75, 3.05) is 13.1 Å². The molecule has 2 aliphatic rings. The number of halogens is 3. The molecule has 1 aliphatic heterocycles. The Labute approximate surface area is 183 Å². The average molecular weight is 443 g/mol. The first kappa shape index (κ1) is 21.9. The van der Waals surface area contributed by atoms with E-state index in [1.165, 1.54) is 24.6 Å². The van der Waals surface area contributed by atoms with Crippen molar-refractivity contribution >= 4 is 22.7 Å². The minimum absolute atomic E-state index is 0.000901. The molecule has 1 atom stereocenters. The molecule has 168 valence electrons. The molecule has 0 bridgehead atoms. The molecule has 0 radical (unpaired) electrons. The molecule has 2 amide bonds. The van der Waals surface area contributed by atoms with Crippen molar-refractivity contribution in [1.82, 2.24) is 15.6 Å². The summed E-state index contributed by atoms with van der Waals surface area (Å²) in [5.41, 5.74) is 1.58. The van der Waals surface area contributed by atoms with Gasteiger partial charge in [-0.1, -0.05) is 6.42 Å². The number of aromatic amines is 1. The van der Waals surface area contributed by atoms with Crippen molar-refractivity contribution in [3.05, 3.63) is 59.9 Å². The predicted octanol–water partition coefficient (Wildman–Crippen LogP) is 4.29. The second-order valence-electron chi connectivity index (χ2n) is 8.19. The summed E-state index contributed by atoms with van der Waals surface area (Å²) in [5, 5.41) is 6.07. The number of benzene rings is 2. The van der Waals surface area contributed by atoms with Crippen LogP contribution in [0.3, 0.4) is 0 Å². The van der Waals surface area contributed by atoms with Gasteiger partial charge in [0.2, 0.25) is 11.8 Å². The molecule has 3 N–H and O–H groups in total. The molecule has 5 nitrogen and oxygen atoms in total. The first-order valence-electron chi connectivity index (χ1n) is 10.7. The summed E-state index contributed by atoms with van der Waals surface area (Å²) in [6.07, 6.45) is 4.05. The Morgan fingerprint density at radius 3 is 2.38 bits per heavy atom. The van der Waals surface area contributed by atoms with Gasteiger partial charge in [-0.15, -0.1) is 0 Å². The maximum atomic E-state index is 13.5. The molecule has 32 heavy (non-hydrogen) atoms. The molecule has 1 unspecified atom stereocenters. The maximum absolute atomic E-state index is 13.5. The van der Waals surface area contributed by atoms with E-state index in [9.17, 15) is 22.8 Å². The first-order chi connectivity index (χ1) is 15.4. The molecular weight excluding hydrogens is 419 g/mol. The van der Waals surface area contributed by atoms with Crippen molar-refractivity contribution in [3.63, 3.8) is 0 Å². The van der Waals surface area contributed by atoms with Crippen molar-refractivity contribution in [2.45, 2.75) is 25.7 Å². The van der Waals surface area contributed by atoms with Gasteiger partial charge in [0.15, 0.2) is 0 Å².